The minimum Gasteiger partial charge on any atom is -0.131 e. The fourth-order valence-electron chi connectivity index (χ4n) is 1.36. The van der Waals surface area contributed by atoms with Crippen LogP contribution in [0.3, 0.4) is 0 Å². The molecule has 86 valence electrons. The Kier molecular flexibility index (Phi) is 4.33. The molecule has 2 heterocycles. The number of halogens is 3. The first-order chi connectivity index (χ1) is 7.49. The lowest BCUT2D eigenvalue weighted by atomic mass is 10.2. The van der Waals surface area contributed by atoms with Crippen LogP contribution in [0.2, 0.25) is 0 Å². The van der Waals surface area contributed by atoms with E-state index in [-0.39, 0.29) is 0 Å². The van der Waals surface area contributed by atoms with E-state index in [1.165, 1.54) is 28.5 Å². The van der Waals surface area contributed by atoms with Crippen molar-refractivity contribution in [2.75, 3.05) is 0 Å². The quantitative estimate of drug-likeness (QED) is 0.468. The molecule has 5 heteroatoms. The van der Waals surface area contributed by atoms with E-state index < -0.39 is 0 Å². The molecule has 0 bridgehead atoms. The number of aryl methyl sites for hydroxylation is 2. The zero-order chi connectivity index (χ0) is 11.9. The van der Waals surface area contributed by atoms with Gasteiger partial charge in [-0.25, -0.2) is 0 Å². The molecule has 0 saturated carbocycles. The molecule has 0 radical (unpaired) electrons. The minimum atomic E-state index is 0.303. The van der Waals surface area contributed by atoms with Gasteiger partial charge in [-0.3, -0.25) is 0 Å². The van der Waals surface area contributed by atoms with Gasteiger partial charge in [0.15, 0.2) is 0 Å². The molecule has 0 N–H and O–H groups in total. The van der Waals surface area contributed by atoms with Gasteiger partial charge in [-0.15, -0.1) is 22.7 Å². The number of alkyl halides is 1. The van der Waals surface area contributed by atoms with E-state index in [9.17, 15) is 0 Å². The van der Waals surface area contributed by atoms with Crippen LogP contribution in [0.25, 0.3) is 0 Å². The maximum absolute atomic E-state index is 3.77. The normalized spacial score (nSPS) is 11.4. The lowest BCUT2D eigenvalue weighted by molar-refractivity contribution is 1.27. The van der Waals surface area contributed by atoms with Gasteiger partial charge in [-0.1, -0.05) is 15.9 Å². The molecule has 0 nitrogen and oxygen atoms in total. The predicted molar refractivity (Wildman–Crippen MR) is 84.3 cm³/mol. The van der Waals surface area contributed by atoms with E-state index in [4.69, 9.17) is 0 Å². The highest BCUT2D eigenvalue weighted by Gasteiger charge is 2.17. The molecule has 0 saturated heterocycles. The smallest absolute Gasteiger partial charge is 0.0831 e. The van der Waals surface area contributed by atoms with Gasteiger partial charge in [-0.05, 0) is 69.0 Å². The van der Waals surface area contributed by atoms with Crippen molar-refractivity contribution in [2.45, 2.75) is 18.7 Å². The molecular formula is C11H9Br3S2. The first kappa shape index (κ1) is 13.3. The molecule has 0 spiro atoms. The fraction of sp³-hybridized carbons (Fsp3) is 0.273. The zero-order valence-electron chi connectivity index (χ0n) is 8.68. The van der Waals surface area contributed by atoms with Crippen LogP contribution in [0.4, 0.5) is 0 Å². The third kappa shape index (κ3) is 2.64. The number of rotatable bonds is 2. The fourth-order valence-corrected chi connectivity index (χ4v) is 5.39. The second kappa shape index (κ2) is 5.22. The predicted octanol–water partition coefficient (Wildman–Crippen LogP) is 6.44. The van der Waals surface area contributed by atoms with Crippen molar-refractivity contribution in [3.8, 4) is 0 Å². The van der Waals surface area contributed by atoms with Crippen molar-refractivity contribution >= 4 is 70.5 Å². The molecule has 2 rings (SSSR count). The molecule has 2 aromatic heterocycles. The van der Waals surface area contributed by atoms with Crippen molar-refractivity contribution in [1.29, 1.82) is 0 Å². The van der Waals surface area contributed by atoms with Crippen molar-refractivity contribution in [3.05, 3.63) is 40.6 Å². The van der Waals surface area contributed by atoms with E-state index in [1.54, 1.807) is 22.7 Å². The topological polar surface area (TPSA) is 0 Å². The van der Waals surface area contributed by atoms with Gasteiger partial charge >= 0.3 is 0 Å². The molecule has 0 aromatic carbocycles. The maximum Gasteiger partial charge on any atom is 0.0831 e. The maximum atomic E-state index is 3.77. The molecule has 0 aliphatic carbocycles. The summed E-state index contributed by atoms with van der Waals surface area (Å²) in [5, 5.41) is 0. The van der Waals surface area contributed by atoms with E-state index in [0.717, 1.165) is 0 Å². The van der Waals surface area contributed by atoms with E-state index in [2.05, 4.69) is 73.8 Å². The highest BCUT2D eigenvalue weighted by atomic mass is 79.9. The largest absolute Gasteiger partial charge is 0.131 e. The zero-order valence-corrected chi connectivity index (χ0v) is 15.1. The van der Waals surface area contributed by atoms with Crippen molar-refractivity contribution in [2.24, 2.45) is 0 Å². The van der Waals surface area contributed by atoms with Gasteiger partial charge in [0, 0.05) is 9.75 Å². The highest BCUT2D eigenvalue weighted by molar-refractivity contribution is 9.11. The summed E-state index contributed by atoms with van der Waals surface area (Å²) in [6, 6.07) is 4.47. The van der Waals surface area contributed by atoms with Gasteiger partial charge in [0.2, 0.25) is 0 Å². The van der Waals surface area contributed by atoms with Gasteiger partial charge < -0.3 is 0 Å². The monoisotopic (exact) mass is 442 g/mol. The molecular weight excluding hydrogens is 436 g/mol. The second-order valence-corrected chi connectivity index (χ2v) is 9.29. The van der Waals surface area contributed by atoms with E-state index in [0.29, 0.717) is 4.83 Å². The molecule has 0 amide bonds. The van der Waals surface area contributed by atoms with Crippen molar-refractivity contribution < 1.29 is 0 Å². The Hall–Kier alpha value is 0.840. The third-order valence-corrected chi connectivity index (χ3v) is 8.25. The summed E-state index contributed by atoms with van der Waals surface area (Å²) < 4.78 is 2.44. The SMILES string of the molecule is Cc1cc(C(Br)c2cc(C)c(Br)s2)sc1Br. The van der Waals surface area contributed by atoms with Crippen LogP contribution in [-0.2, 0) is 0 Å². The van der Waals surface area contributed by atoms with Crippen LogP contribution in [0.1, 0.15) is 25.7 Å². The van der Waals surface area contributed by atoms with Crippen molar-refractivity contribution in [1.82, 2.24) is 0 Å². The van der Waals surface area contributed by atoms with Gasteiger partial charge in [0.25, 0.3) is 0 Å². The van der Waals surface area contributed by atoms with Crippen LogP contribution in [-0.4, -0.2) is 0 Å². The Bertz CT molecular complexity index is 428. The molecule has 16 heavy (non-hydrogen) atoms. The van der Waals surface area contributed by atoms with Crippen LogP contribution in [0.15, 0.2) is 19.7 Å². The molecule has 2 aromatic rings. The Morgan fingerprint density at radius 3 is 1.56 bits per heavy atom. The van der Waals surface area contributed by atoms with Crippen LogP contribution >= 0.6 is 70.5 Å². The average molecular weight is 445 g/mol. The Morgan fingerprint density at radius 1 is 0.938 bits per heavy atom. The molecule has 0 aliphatic rings. The highest BCUT2D eigenvalue weighted by Crippen LogP contribution is 2.43. The van der Waals surface area contributed by atoms with Crippen LogP contribution < -0.4 is 0 Å². The lowest BCUT2D eigenvalue weighted by Gasteiger charge is -2.03. The molecule has 0 fully saturated rings. The van der Waals surface area contributed by atoms with Gasteiger partial charge in [0.1, 0.15) is 0 Å². The Morgan fingerprint density at radius 2 is 1.31 bits per heavy atom. The standard InChI is InChI=1S/C11H9Br3S2/c1-5-3-7(15-10(5)13)9(12)8-4-6(2)11(14)16-8/h3-4,9H,1-2H3. The Balaban J connectivity index is 2.34. The number of hydrogen-bond acceptors (Lipinski definition) is 2. The number of hydrogen-bond donors (Lipinski definition) is 0. The molecule has 0 unspecified atom stereocenters. The van der Waals surface area contributed by atoms with E-state index >= 15 is 0 Å². The molecule has 0 atom stereocenters. The summed E-state index contributed by atoms with van der Waals surface area (Å²) in [5.74, 6) is 0. The first-order valence-corrected chi connectivity index (χ1v) is 8.78. The van der Waals surface area contributed by atoms with Crippen molar-refractivity contribution in [3.63, 3.8) is 0 Å². The van der Waals surface area contributed by atoms with Gasteiger partial charge in [-0.2, -0.15) is 0 Å². The summed E-state index contributed by atoms with van der Waals surface area (Å²) in [7, 11) is 0. The summed E-state index contributed by atoms with van der Waals surface area (Å²) in [5.41, 5.74) is 2.61. The minimum absolute atomic E-state index is 0.303. The summed E-state index contributed by atoms with van der Waals surface area (Å²) in [4.78, 5) is 2.99. The summed E-state index contributed by atoms with van der Waals surface area (Å²) in [6.07, 6.45) is 0. The third-order valence-electron chi connectivity index (χ3n) is 2.25. The summed E-state index contributed by atoms with van der Waals surface area (Å²) in [6.45, 7) is 4.25. The summed E-state index contributed by atoms with van der Waals surface area (Å²) >= 11 is 14.5. The van der Waals surface area contributed by atoms with Crippen LogP contribution in [0, 0.1) is 13.8 Å². The molecule has 0 aliphatic heterocycles. The second-order valence-electron chi connectivity index (χ2n) is 3.57. The van der Waals surface area contributed by atoms with E-state index in [1.807, 2.05) is 0 Å². The van der Waals surface area contributed by atoms with Crippen LogP contribution in [0.5, 0.6) is 0 Å². The lowest BCUT2D eigenvalue weighted by Crippen LogP contribution is -1.83. The average Bonchev–Trinajstić information content (AvgIpc) is 2.72. The number of thiophene rings is 2. The first-order valence-electron chi connectivity index (χ1n) is 4.64. The Labute approximate surface area is 128 Å². The van der Waals surface area contributed by atoms with Gasteiger partial charge in [0.05, 0.1) is 12.4 Å².